The lowest BCUT2D eigenvalue weighted by Crippen LogP contribution is -2.07. The number of carbonyl (C=O) groups is 1. The van der Waals surface area contributed by atoms with Gasteiger partial charge in [0.2, 0.25) is 5.95 Å². The van der Waals surface area contributed by atoms with Gasteiger partial charge in [-0.1, -0.05) is 0 Å². The Bertz CT molecular complexity index is 1140. The number of nitrogens with zero attached hydrogens (tertiary/aromatic N) is 4. The molecular weight excluding hydrogens is 336 g/mol. The van der Waals surface area contributed by atoms with E-state index in [1.807, 2.05) is 0 Å². The summed E-state index contributed by atoms with van der Waals surface area (Å²) in [7, 11) is 0. The molecule has 1 aromatic carbocycles. The first-order valence-electron chi connectivity index (χ1n) is 8.16. The molecule has 0 aliphatic heterocycles. The van der Waals surface area contributed by atoms with Crippen molar-refractivity contribution >= 4 is 45.7 Å². The summed E-state index contributed by atoms with van der Waals surface area (Å²) in [6.07, 6.45) is 4.01. The number of anilines is 3. The van der Waals surface area contributed by atoms with Crippen LogP contribution in [0, 0.1) is 0 Å². The van der Waals surface area contributed by atoms with Gasteiger partial charge >= 0.3 is 6.09 Å². The van der Waals surface area contributed by atoms with Gasteiger partial charge in [-0.3, -0.25) is 0 Å². The van der Waals surface area contributed by atoms with Gasteiger partial charge < -0.3 is 20.2 Å². The second kappa shape index (κ2) is 5.45. The van der Waals surface area contributed by atoms with Gasteiger partial charge in [0.15, 0.2) is 11.4 Å². The average molecular weight is 350 g/mol. The minimum atomic E-state index is -1.09. The van der Waals surface area contributed by atoms with Gasteiger partial charge in [-0.2, -0.15) is 4.98 Å². The van der Waals surface area contributed by atoms with Crippen LogP contribution >= 0.6 is 0 Å². The number of benzene rings is 1. The van der Waals surface area contributed by atoms with Crippen LogP contribution in [0.3, 0.4) is 0 Å². The van der Waals surface area contributed by atoms with E-state index in [4.69, 9.17) is 4.42 Å². The van der Waals surface area contributed by atoms with E-state index >= 15 is 0 Å². The monoisotopic (exact) mass is 350 g/mol. The van der Waals surface area contributed by atoms with Crippen LogP contribution in [0.15, 0.2) is 41.3 Å². The largest absolute Gasteiger partial charge is 0.464 e. The van der Waals surface area contributed by atoms with E-state index in [-0.39, 0.29) is 0 Å². The third-order valence-electron chi connectivity index (χ3n) is 4.23. The quantitative estimate of drug-likeness (QED) is 0.512. The number of hydrogen-bond acceptors (Lipinski definition) is 7. The Labute approximate surface area is 146 Å². The number of carboxylic acid groups (broad SMARTS) is 1. The van der Waals surface area contributed by atoms with Crippen molar-refractivity contribution in [2.45, 2.75) is 18.9 Å². The molecule has 1 fully saturated rings. The molecule has 0 amide bonds. The van der Waals surface area contributed by atoms with Crippen molar-refractivity contribution in [3.8, 4) is 0 Å². The predicted molar refractivity (Wildman–Crippen MR) is 94.9 cm³/mol. The topological polar surface area (TPSA) is 118 Å². The number of imidazole rings is 1. The molecule has 26 heavy (non-hydrogen) atoms. The van der Waals surface area contributed by atoms with E-state index in [0.717, 1.165) is 17.4 Å². The summed E-state index contributed by atoms with van der Waals surface area (Å²) in [5, 5.41) is 15.7. The van der Waals surface area contributed by atoms with Gasteiger partial charge in [-0.25, -0.2) is 19.3 Å². The number of rotatable bonds is 4. The third kappa shape index (κ3) is 2.50. The summed E-state index contributed by atoms with van der Waals surface area (Å²) in [5.74, 6) is 1.06. The van der Waals surface area contributed by atoms with E-state index in [9.17, 15) is 9.90 Å². The summed E-state index contributed by atoms with van der Waals surface area (Å²) in [6, 6.07) is 7.46. The van der Waals surface area contributed by atoms with Crippen molar-refractivity contribution < 1.29 is 14.3 Å². The number of nitrogens with one attached hydrogen (secondary N) is 2. The van der Waals surface area contributed by atoms with E-state index in [2.05, 4.69) is 25.6 Å². The lowest BCUT2D eigenvalue weighted by molar-refractivity contribution is 0.197. The molecule has 0 unspecified atom stereocenters. The Balaban J connectivity index is 1.53. The highest BCUT2D eigenvalue weighted by Gasteiger charge is 2.23. The minimum Gasteiger partial charge on any atom is -0.464 e. The molecule has 1 aliphatic carbocycles. The smallest absolute Gasteiger partial charge is 0.417 e. The molecule has 0 spiro atoms. The minimum absolute atomic E-state index is 0.405. The highest BCUT2D eigenvalue weighted by atomic mass is 16.4. The Kier molecular flexibility index (Phi) is 3.08. The van der Waals surface area contributed by atoms with Crippen LogP contribution in [-0.4, -0.2) is 36.8 Å². The number of hydrogen-bond donors (Lipinski definition) is 3. The first-order valence-corrected chi connectivity index (χ1v) is 8.16. The zero-order valence-corrected chi connectivity index (χ0v) is 13.5. The molecule has 9 heteroatoms. The van der Waals surface area contributed by atoms with Crippen LogP contribution in [0.1, 0.15) is 12.8 Å². The molecule has 1 aliphatic rings. The van der Waals surface area contributed by atoms with E-state index < -0.39 is 6.09 Å². The van der Waals surface area contributed by atoms with E-state index in [0.29, 0.717) is 45.6 Å². The third-order valence-corrected chi connectivity index (χ3v) is 4.23. The highest BCUT2D eigenvalue weighted by molar-refractivity contribution is 5.89. The first-order chi connectivity index (χ1) is 12.7. The van der Waals surface area contributed by atoms with Crippen molar-refractivity contribution in [3.63, 3.8) is 0 Å². The summed E-state index contributed by atoms with van der Waals surface area (Å²) >= 11 is 0. The molecule has 0 radical (unpaired) electrons. The number of aromatic nitrogens is 4. The molecule has 1 saturated carbocycles. The van der Waals surface area contributed by atoms with Gasteiger partial charge in [-0.15, -0.1) is 0 Å². The van der Waals surface area contributed by atoms with Crippen LogP contribution in [0.25, 0.3) is 22.1 Å². The van der Waals surface area contributed by atoms with Gasteiger partial charge in [0.05, 0.1) is 17.3 Å². The van der Waals surface area contributed by atoms with Crippen molar-refractivity contribution in [1.82, 2.24) is 19.5 Å². The number of furan rings is 1. The molecule has 5 rings (SSSR count). The van der Waals surface area contributed by atoms with Crippen LogP contribution < -0.4 is 10.6 Å². The Hall–Kier alpha value is -3.62. The molecule has 0 atom stereocenters. The molecule has 3 heterocycles. The molecule has 3 N–H and O–H groups in total. The zero-order valence-electron chi connectivity index (χ0n) is 13.5. The molecule has 9 nitrogen and oxygen atoms in total. The lowest BCUT2D eigenvalue weighted by atomic mass is 10.2. The molecule has 130 valence electrons. The Morgan fingerprint density at radius 2 is 2.12 bits per heavy atom. The summed E-state index contributed by atoms with van der Waals surface area (Å²) in [6.45, 7) is 0. The van der Waals surface area contributed by atoms with Crippen LogP contribution in [-0.2, 0) is 0 Å². The maximum absolute atomic E-state index is 11.3. The summed E-state index contributed by atoms with van der Waals surface area (Å²) in [4.78, 5) is 24.3. The first kappa shape index (κ1) is 14.7. The molecule has 0 saturated heterocycles. The van der Waals surface area contributed by atoms with Crippen LogP contribution in [0.2, 0.25) is 0 Å². The predicted octanol–water partition coefficient (Wildman–Crippen LogP) is 3.42. The van der Waals surface area contributed by atoms with Crippen molar-refractivity contribution in [1.29, 1.82) is 0 Å². The molecule has 0 bridgehead atoms. The van der Waals surface area contributed by atoms with Crippen LogP contribution in [0.5, 0.6) is 0 Å². The van der Waals surface area contributed by atoms with Crippen molar-refractivity contribution in [2.75, 3.05) is 10.6 Å². The van der Waals surface area contributed by atoms with Gasteiger partial charge in [0.1, 0.15) is 11.8 Å². The van der Waals surface area contributed by atoms with E-state index in [1.54, 1.807) is 30.5 Å². The fourth-order valence-electron chi connectivity index (χ4n) is 2.81. The fourth-order valence-corrected chi connectivity index (χ4v) is 2.81. The SMILES string of the molecule is O=C(O)n1cnc2ccc(Nc3nc(NC4CC4)c4occc4n3)cc21. The average Bonchev–Trinajstić information content (AvgIpc) is 3.14. The van der Waals surface area contributed by atoms with Crippen molar-refractivity contribution in [3.05, 3.63) is 36.9 Å². The molecular formula is C17H14N6O3. The highest BCUT2D eigenvalue weighted by Crippen LogP contribution is 2.30. The van der Waals surface area contributed by atoms with Gasteiger partial charge in [-0.05, 0) is 31.0 Å². The van der Waals surface area contributed by atoms with Crippen molar-refractivity contribution in [2.24, 2.45) is 0 Å². The van der Waals surface area contributed by atoms with Gasteiger partial charge in [0, 0.05) is 17.8 Å². The maximum atomic E-state index is 11.3. The van der Waals surface area contributed by atoms with Crippen LogP contribution in [0.4, 0.5) is 22.2 Å². The van der Waals surface area contributed by atoms with Gasteiger partial charge in [0.25, 0.3) is 0 Å². The zero-order chi connectivity index (χ0) is 17.7. The fraction of sp³-hybridized carbons (Fsp3) is 0.176. The normalized spacial score (nSPS) is 14.0. The summed E-state index contributed by atoms with van der Waals surface area (Å²) in [5.41, 5.74) is 3.08. The molecule has 4 aromatic rings. The second-order valence-corrected chi connectivity index (χ2v) is 6.18. The Morgan fingerprint density at radius 1 is 1.23 bits per heavy atom. The Morgan fingerprint density at radius 3 is 2.92 bits per heavy atom. The maximum Gasteiger partial charge on any atom is 0.417 e. The second-order valence-electron chi connectivity index (χ2n) is 6.18. The standard InChI is InChI=1S/C17H14N6O3/c24-17(25)23-8-18-11-4-3-10(7-13(11)23)20-16-21-12-5-6-26-14(12)15(22-16)19-9-1-2-9/h3-9H,1-2H2,(H,24,25)(H2,19,20,21,22). The number of fused-ring (bicyclic) bond motifs is 2. The molecule has 3 aromatic heterocycles. The van der Waals surface area contributed by atoms with E-state index in [1.165, 1.54) is 6.33 Å². The lowest BCUT2D eigenvalue weighted by Gasteiger charge is -2.09. The summed E-state index contributed by atoms with van der Waals surface area (Å²) < 4.78 is 6.55.